The Morgan fingerprint density at radius 2 is 2.00 bits per heavy atom. The number of carbonyl (C=O) groups excluding carboxylic acids is 1. The van der Waals surface area contributed by atoms with Crippen LogP contribution in [0.2, 0.25) is 0 Å². The SMILES string of the molecule is Cc1cccc(-n2nc(C(=O)Cl)c(=O)cc2C)c1. The Morgan fingerprint density at radius 1 is 1.28 bits per heavy atom. The molecule has 0 radical (unpaired) electrons. The molecule has 0 saturated heterocycles. The van der Waals surface area contributed by atoms with Crippen molar-refractivity contribution in [3.8, 4) is 5.69 Å². The van der Waals surface area contributed by atoms with Crippen LogP contribution >= 0.6 is 11.6 Å². The summed E-state index contributed by atoms with van der Waals surface area (Å²) < 4.78 is 1.53. The van der Waals surface area contributed by atoms with E-state index in [1.807, 2.05) is 31.2 Å². The van der Waals surface area contributed by atoms with Crippen molar-refractivity contribution in [2.24, 2.45) is 0 Å². The summed E-state index contributed by atoms with van der Waals surface area (Å²) in [5.74, 6) is 0. The summed E-state index contributed by atoms with van der Waals surface area (Å²) in [6, 6.07) is 8.94. The fourth-order valence-corrected chi connectivity index (χ4v) is 1.84. The molecule has 0 fully saturated rings. The predicted molar refractivity (Wildman–Crippen MR) is 69.5 cm³/mol. The van der Waals surface area contributed by atoms with Gasteiger partial charge in [-0.3, -0.25) is 9.59 Å². The second kappa shape index (κ2) is 4.74. The molecular weight excluding hydrogens is 252 g/mol. The van der Waals surface area contributed by atoms with Gasteiger partial charge in [-0.15, -0.1) is 0 Å². The molecule has 0 unspecified atom stereocenters. The van der Waals surface area contributed by atoms with Crippen LogP contribution in [0.3, 0.4) is 0 Å². The van der Waals surface area contributed by atoms with E-state index in [0.717, 1.165) is 11.3 Å². The standard InChI is InChI=1S/C13H11ClN2O2/c1-8-4-3-5-10(6-8)16-9(2)7-11(17)12(15-16)13(14)18/h3-7H,1-2H3. The molecule has 0 bridgehead atoms. The van der Waals surface area contributed by atoms with Gasteiger partial charge in [-0.1, -0.05) is 12.1 Å². The Bertz CT molecular complexity index is 677. The van der Waals surface area contributed by atoms with E-state index in [2.05, 4.69) is 5.10 Å². The predicted octanol–water partition coefficient (Wildman–Crippen LogP) is 2.23. The van der Waals surface area contributed by atoms with Crippen molar-refractivity contribution in [2.75, 3.05) is 0 Å². The maximum Gasteiger partial charge on any atom is 0.276 e. The molecule has 2 aromatic rings. The van der Waals surface area contributed by atoms with Crippen molar-refractivity contribution < 1.29 is 4.79 Å². The highest BCUT2D eigenvalue weighted by atomic mass is 35.5. The summed E-state index contributed by atoms with van der Waals surface area (Å²) in [6.07, 6.45) is 0. The number of carbonyl (C=O) groups is 1. The van der Waals surface area contributed by atoms with Crippen LogP contribution in [0.4, 0.5) is 0 Å². The van der Waals surface area contributed by atoms with Crippen LogP contribution in [-0.2, 0) is 0 Å². The third-order valence-corrected chi connectivity index (χ3v) is 2.72. The number of aryl methyl sites for hydroxylation is 2. The molecule has 0 spiro atoms. The zero-order valence-corrected chi connectivity index (χ0v) is 10.7. The van der Waals surface area contributed by atoms with Gasteiger partial charge in [-0.25, -0.2) is 4.68 Å². The maximum absolute atomic E-state index is 11.6. The molecule has 5 heteroatoms. The molecule has 0 aliphatic carbocycles. The van der Waals surface area contributed by atoms with Crippen molar-refractivity contribution in [1.82, 2.24) is 9.78 Å². The van der Waals surface area contributed by atoms with Crippen LogP contribution in [0, 0.1) is 13.8 Å². The molecule has 0 atom stereocenters. The highest BCUT2D eigenvalue weighted by molar-refractivity contribution is 6.67. The minimum Gasteiger partial charge on any atom is -0.287 e. The Hall–Kier alpha value is -1.94. The van der Waals surface area contributed by atoms with Gasteiger partial charge in [0.25, 0.3) is 5.24 Å². The Kier molecular flexibility index (Phi) is 3.30. The van der Waals surface area contributed by atoms with Crippen LogP contribution in [-0.4, -0.2) is 15.0 Å². The highest BCUT2D eigenvalue weighted by Crippen LogP contribution is 2.11. The number of hydrogen-bond acceptors (Lipinski definition) is 3. The summed E-state index contributed by atoms with van der Waals surface area (Å²) >= 11 is 5.34. The first-order valence-electron chi connectivity index (χ1n) is 5.37. The Morgan fingerprint density at radius 3 is 2.61 bits per heavy atom. The number of halogens is 1. The van der Waals surface area contributed by atoms with Crippen LogP contribution < -0.4 is 5.43 Å². The van der Waals surface area contributed by atoms with E-state index in [0.29, 0.717) is 5.69 Å². The van der Waals surface area contributed by atoms with Crippen molar-refractivity contribution in [3.05, 3.63) is 57.5 Å². The van der Waals surface area contributed by atoms with Crippen LogP contribution in [0.1, 0.15) is 21.7 Å². The number of rotatable bonds is 2. The molecule has 0 aliphatic rings. The van der Waals surface area contributed by atoms with Gasteiger partial charge in [0.15, 0.2) is 5.69 Å². The lowest BCUT2D eigenvalue weighted by Crippen LogP contribution is -2.20. The summed E-state index contributed by atoms with van der Waals surface area (Å²) in [4.78, 5) is 22.7. The molecule has 92 valence electrons. The van der Waals surface area contributed by atoms with Gasteiger partial charge < -0.3 is 0 Å². The Balaban J connectivity index is 2.68. The van der Waals surface area contributed by atoms with E-state index in [1.54, 1.807) is 6.92 Å². The van der Waals surface area contributed by atoms with Crippen molar-refractivity contribution in [1.29, 1.82) is 0 Å². The summed E-state index contributed by atoms with van der Waals surface area (Å²) in [5, 5.41) is 3.16. The number of nitrogens with zero attached hydrogens (tertiary/aromatic N) is 2. The molecule has 0 amide bonds. The number of hydrogen-bond donors (Lipinski definition) is 0. The molecular formula is C13H11ClN2O2. The van der Waals surface area contributed by atoms with E-state index in [1.165, 1.54) is 10.7 Å². The first-order chi connectivity index (χ1) is 8.49. The maximum atomic E-state index is 11.6. The van der Waals surface area contributed by atoms with Crippen LogP contribution in [0.25, 0.3) is 5.69 Å². The van der Waals surface area contributed by atoms with Gasteiger partial charge >= 0.3 is 0 Å². The van der Waals surface area contributed by atoms with Crippen molar-refractivity contribution in [2.45, 2.75) is 13.8 Å². The van der Waals surface area contributed by atoms with E-state index in [-0.39, 0.29) is 5.69 Å². The fourth-order valence-electron chi connectivity index (χ4n) is 1.70. The highest BCUT2D eigenvalue weighted by Gasteiger charge is 2.12. The molecule has 0 saturated carbocycles. The first kappa shape index (κ1) is 12.5. The first-order valence-corrected chi connectivity index (χ1v) is 5.74. The van der Waals surface area contributed by atoms with Crippen LogP contribution in [0.15, 0.2) is 35.1 Å². The smallest absolute Gasteiger partial charge is 0.276 e. The summed E-state index contributed by atoms with van der Waals surface area (Å²) in [6.45, 7) is 3.70. The van der Waals surface area contributed by atoms with Gasteiger partial charge in [0.1, 0.15) is 0 Å². The van der Waals surface area contributed by atoms with Crippen molar-refractivity contribution >= 4 is 16.8 Å². The van der Waals surface area contributed by atoms with E-state index < -0.39 is 10.7 Å². The van der Waals surface area contributed by atoms with Gasteiger partial charge in [-0.2, -0.15) is 5.10 Å². The number of aromatic nitrogens is 2. The molecule has 0 aliphatic heterocycles. The normalized spacial score (nSPS) is 10.4. The molecule has 4 nitrogen and oxygen atoms in total. The summed E-state index contributed by atoms with van der Waals surface area (Å²) in [5.41, 5.74) is 1.77. The zero-order valence-electron chi connectivity index (χ0n) is 9.98. The minimum atomic E-state index is -0.846. The lowest BCUT2D eigenvalue weighted by molar-refractivity contribution is 0.107. The molecule has 18 heavy (non-hydrogen) atoms. The quantitative estimate of drug-likeness (QED) is 0.780. The second-order valence-corrected chi connectivity index (χ2v) is 4.37. The van der Waals surface area contributed by atoms with Gasteiger partial charge in [0.05, 0.1) is 5.69 Å². The minimum absolute atomic E-state index is 0.260. The van der Waals surface area contributed by atoms with E-state index >= 15 is 0 Å². The average molecular weight is 263 g/mol. The van der Waals surface area contributed by atoms with Crippen molar-refractivity contribution in [3.63, 3.8) is 0 Å². The lowest BCUT2D eigenvalue weighted by atomic mass is 10.2. The largest absolute Gasteiger partial charge is 0.287 e. The molecule has 1 heterocycles. The average Bonchev–Trinajstić information content (AvgIpc) is 2.28. The van der Waals surface area contributed by atoms with E-state index in [9.17, 15) is 9.59 Å². The van der Waals surface area contributed by atoms with Crippen LogP contribution in [0.5, 0.6) is 0 Å². The fraction of sp³-hybridized carbons (Fsp3) is 0.154. The van der Waals surface area contributed by atoms with Gasteiger partial charge in [0, 0.05) is 11.8 Å². The number of benzene rings is 1. The van der Waals surface area contributed by atoms with Gasteiger partial charge in [0.2, 0.25) is 5.43 Å². The topological polar surface area (TPSA) is 52.0 Å². The monoisotopic (exact) mass is 262 g/mol. The summed E-state index contributed by atoms with van der Waals surface area (Å²) in [7, 11) is 0. The zero-order chi connectivity index (χ0) is 13.3. The van der Waals surface area contributed by atoms with Gasteiger partial charge in [-0.05, 0) is 43.1 Å². The third-order valence-electron chi connectivity index (χ3n) is 2.54. The lowest BCUT2D eigenvalue weighted by Gasteiger charge is -2.10. The Labute approximate surface area is 109 Å². The second-order valence-electron chi connectivity index (χ2n) is 4.02. The van der Waals surface area contributed by atoms with E-state index in [4.69, 9.17) is 11.6 Å². The molecule has 0 N–H and O–H groups in total. The molecule has 2 rings (SSSR count). The third kappa shape index (κ3) is 2.33. The molecule has 1 aromatic carbocycles. The molecule has 1 aromatic heterocycles.